The van der Waals surface area contributed by atoms with Crippen LogP contribution in [0.15, 0.2) is 0 Å². The number of hydrogen-bond acceptors (Lipinski definition) is 2. The van der Waals surface area contributed by atoms with E-state index in [1.54, 1.807) is 0 Å². The predicted molar refractivity (Wildman–Crippen MR) is 64.8 cm³/mol. The van der Waals surface area contributed by atoms with Gasteiger partial charge in [0.1, 0.15) is 0 Å². The molecule has 0 radical (unpaired) electrons. The van der Waals surface area contributed by atoms with Crippen molar-refractivity contribution in [3.63, 3.8) is 0 Å². The predicted octanol–water partition coefficient (Wildman–Crippen LogP) is 4.25. The molecular weight excluding hydrogens is 208 g/mol. The van der Waals surface area contributed by atoms with E-state index in [0.717, 1.165) is 12.5 Å². The van der Waals surface area contributed by atoms with Gasteiger partial charge in [0, 0.05) is 0 Å². The van der Waals surface area contributed by atoms with Gasteiger partial charge in [-0.15, -0.1) is 0 Å². The topological polar surface area (TPSA) is 46.5 Å². The highest BCUT2D eigenvalue weighted by Gasteiger charge is 2.25. The van der Waals surface area contributed by atoms with Crippen molar-refractivity contribution in [1.82, 2.24) is 0 Å². The van der Waals surface area contributed by atoms with E-state index >= 15 is 0 Å². The third kappa shape index (κ3) is 9.78. The molecule has 0 bridgehead atoms. The van der Waals surface area contributed by atoms with E-state index in [4.69, 9.17) is 9.53 Å². The van der Waals surface area contributed by atoms with Gasteiger partial charge in [-0.25, -0.2) is 4.79 Å². The summed E-state index contributed by atoms with van der Waals surface area (Å²) in [4.78, 5) is 10.4. The Bertz CT molecular complexity index is 181. The van der Waals surface area contributed by atoms with E-state index in [-0.39, 0.29) is 0 Å². The van der Waals surface area contributed by atoms with Crippen LogP contribution in [0.25, 0.3) is 0 Å². The summed E-state index contributed by atoms with van der Waals surface area (Å²) in [5.74, 6) is 0. The SMILES string of the molecule is CCCCCCCC[Si](C)(C)OC(=O)O. The van der Waals surface area contributed by atoms with Gasteiger partial charge in [0.05, 0.1) is 0 Å². The van der Waals surface area contributed by atoms with Gasteiger partial charge in [-0.05, 0) is 19.1 Å². The third-order valence-corrected chi connectivity index (χ3v) is 4.78. The molecule has 0 aliphatic carbocycles. The van der Waals surface area contributed by atoms with Crippen LogP contribution in [0.1, 0.15) is 45.4 Å². The molecule has 0 atom stereocenters. The van der Waals surface area contributed by atoms with Crippen molar-refractivity contribution in [2.24, 2.45) is 0 Å². The third-order valence-electron chi connectivity index (χ3n) is 2.50. The highest BCUT2D eigenvalue weighted by molar-refractivity contribution is 6.72. The molecule has 0 aliphatic heterocycles. The minimum atomic E-state index is -1.93. The number of carbonyl (C=O) groups is 1. The first-order valence-corrected chi connectivity index (χ1v) is 9.01. The first-order chi connectivity index (χ1) is 6.98. The summed E-state index contributed by atoms with van der Waals surface area (Å²) in [5, 5.41) is 8.53. The maximum Gasteiger partial charge on any atom is 0.491 e. The minimum absolute atomic E-state index is 0.950. The highest BCUT2D eigenvalue weighted by atomic mass is 28.4. The van der Waals surface area contributed by atoms with Gasteiger partial charge in [0.25, 0.3) is 8.32 Å². The number of hydrogen-bond donors (Lipinski definition) is 1. The molecule has 1 N–H and O–H groups in total. The zero-order valence-electron chi connectivity index (χ0n) is 10.2. The maximum absolute atomic E-state index is 10.4. The fraction of sp³-hybridized carbons (Fsp3) is 0.909. The van der Waals surface area contributed by atoms with Gasteiger partial charge >= 0.3 is 6.16 Å². The molecule has 15 heavy (non-hydrogen) atoms. The summed E-state index contributed by atoms with van der Waals surface area (Å²) in [6, 6.07) is 0.950. The van der Waals surface area contributed by atoms with Crippen molar-refractivity contribution in [1.29, 1.82) is 0 Å². The van der Waals surface area contributed by atoms with Crippen molar-refractivity contribution >= 4 is 14.5 Å². The Hall–Kier alpha value is -0.513. The van der Waals surface area contributed by atoms with Gasteiger partial charge < -0.3 is 9.53 Å². The van der Waals surface area contributed by atoms with Gasteiger partial charge in [0.15, 0.2) is 0 Å². The molecule has 0 aromatic carbocycles. The molecule has 0 saturated carbocycles. The molecule has 0 aromatic rings. The summed E-state index contributed by atoms with van der Waals surface area (Å²) in [6.07, 6.45) is 6.35. The first kappa shape index (κ1) is 14.5. The van der Waals surface area contributed by atoms with E-state index in [0.29, 0.717) is 0 Å². The van der Waals surface area contributed by atoms with Crippen LogP contribution in [0.5, 0.6) is 0 Å². The standard InChI is InChI=1S/C11H24O3Si/c1-4-5-6-7-8-9-10-15(2,3)14-11(12)13/h4-10H2,1-3H3,(H,12,13). The quantitative estimate of drug-likeness (QED) is 0.503. The van der Waals surface area contributed by atoms with E-state index in [2.05, 4.69) is 6.92 Å². The van der Waals surface area contributed by atoms with Crippen LogP contribution in [-0.4, -0.2) is 19.6 Å². The largest absolute Gasteiger partial charge is 0.491 e. The van der Waals surface area contributed by atoms with Crippen molar-refractivity contribution in [3.8, 4) is 0 Å². The Morgan fingerprint density at radius 1 is 1.13 bits per heavy atom. The van der Waals surface area contributed by atoms with Crippen molar-refractivity contribution in [2.45, 2.75) is 64.6 Å². The summed E-state index contributed by atoms with van der Waals surface area (Å²) in [7, 11) is -1.93. The smallest absolute Gasteiger partial charge is 0.490 e. The number of rotatable bonds is 8. The van der Waals surface area contributed by atoms with Crippen LogP contribution in [-0.2, 0) is 4.43 Å². The molecule has 0 aliphatic rings. The zero-order valence-corrected chi connectivity index (χ0v) is 11.2. The second-order valence-corrected chi connectivity index (χ2v) is 8.87. The Morgan fingerprint density at radius 2 is 1.67 bits per heavy atom. The normalized spacial score (nSPS) is 11.4. The Labute approximate surface area is 94.0 Å². The summed E-state index contributed by atoms with van der Waals surface area (Å²) in [6.45, 7) is 6.14. The van der Waals surface area contributed by atoms with Crippen LogP contribution in [0.2, 0.25) is 19.1 Å². The molecule has 4 heteroatoms. The zero-order chi connectivity index (χ0) is 11.7. The maximum atomic E-state index is 10.4. The number of unbranched alkanes of at least 4 members (excludes halogenated alkanes) is 5. The van der Waals surface area contributed by atoms with Crippen LogP contribution >= 0.6 is 0 Å². The molecule has 0 fully saturated rings. The van der Waals surface area contributed by atoms with E-state index in [9.17, 15) is 4.79 Å². The van der Waals surface area contributed by atoms with E-state index < -0.39 is 14.5 Å². The van der Waals surface area contributed by atoms with Crippen LogP contribution in [0.4, 0.5) is 4.79 Å². The Kier molecular flexibility index (Phi) is 7.47. The lowest BCUT2D eigenvalue weighted by atomic mass is 10.1. The van der Waals surface area contributed by atoms with Crippen LogP contribution in [0.3, 0.4) is 0 Å². The molecule has 0 amide bonds. The molecule has 0 unspecified atom stereocenters. The van der Waals surface area contributed by atoms with Gasteiger partial charge in [-0.3, -0.25) is 0 Å². The van der Waals surface area contributed by atoms with Gasteiger partial charge in [-0.1, -0.05) is 45.4 Å². The lowest BCUT2D eigenvalue weighted by Crippen LogP contribution is -2.32. The Morgan fingerprint density at radius 3 is 2.20 bits per heavy atom. The molecule has 3 nitrogen and oxygen atoms in total. The molecular formula is C11H24O3Si. The second kappa shape index (κ2) is 7.74. The fourth-order valence-corrected chi connectivity index (χ4v) is 3.29. The highest BCUT2D eigenvalue weighted by Crippen LogP contribution is 2.17. The molecule has 0 rings (SSSR count). The van der Waals surface area contributed by atoms with Crippen molar-refractivity contribution < 1.29 is 14.3 Å². The van der Waals surface area contributed by atoms with Crippen molar-refractivity contribution in [2.75, 3.05) is 0 Å². The van der Waals surface area contributed by atoms with Gasteiger partial charge in [0.2, 0.25) is 0 Å². The average Bonchev–Trinajstić information content (AvgIpc) is 2.08. The monoisotopic (exact) mass is 232 g/mol. The number of carboxylic acid groups (broad SMARTS) is 1. The van der Waals surface area contributed by atoms with Crippen molar-refractivity contribution in [3.05, 3.63) is 0 Å². The molecule has 90 valence electrons. The lowest BCUT2D eigenvalue weighted by molar-refractivity contribution is 0.141. The Balaban J connectivity index is 3.44. The minimum Gasteiger partial charge on any atom is -0.490 e. The average molecular weight is 232 g/mol. The second-order valence-electron chi connectivity index (χ2n) is 4.65. The van der Waals surface area contributed by atoms with E-state index in [1.165, 1.54) is 32.1 Å². The molecule has 0 spiro atoms. The summed E-state index contributed by atoms with van der Waals surface area (Å²) < 4.78 is 4.92. The summed E-state index contributed by atoms with van der Waals surface area (Å²) >= 11 is 0. The van der Waals surface area contributed by atoms with Crippen LogP contribution < -0.4 is 0 Å². The molecule has 0 heterocycles. The molecule has 0 saturated heterocycles. The van der Waals surface area contributed by atoms with Gasteiger partial charge in [-0.2, -0.15) is 0 Å². The van der Waals surface area contributed by atoms with E-state index in [1.807, 2.05) is 13.1 Å². The first-order valence-electron chi connectivity index (χ1n) is 5.90. The van der Waals surface area contributed by atoms with Crippen LogP contribution in [0, 0.1) is 0 Å². The lowest BCUT2D eigenvalue weighted by Gasteiger charge is -2.20. The molecule has 0 aromatic heterocycles. The summed E-state index contributed by atoms with van der Waals surface area (Å²) in [5.41, 5.74) is 0. The fourth-order valence-electron chi connectivity index (χ4n) is 1.62.